The Morgan fingerprint density at radius 1 is 0.975 bits per heavy atom. The zero-order valence-electron chi connectivity index (χ0n) is 21.3. The van der Waals surface area contributed by atoms with Gasteiger partial charge in [-0.2, -0.15) is 13.2 Å². The van der Waals surface area contributed by atoms with Crippen LogP contribution in [0.2, 0.25) is 0 Å². The minimum absolute atomic E-state index is 0.0341. The number of halogens is 3. The van der Waals surface area contributed by atoms with Crippen molar-refractivity contribution in [2.24, 2.45) is 0 Å². The van der Waals surface area contributed by atoms with Crippen molar-refractivity contribution in [1.29, 1.82) is 0 Å². The van der Waals surface area contributed by atoms with E-state index in [1.165, 1.54) is 0 Å². The maximum absolute atomic E-state index is 13.5. The molecule has 0 unspecified atom stereocenters. The number of aliphatic carboxylic acids is 1. The number of anilines is 1. The average Bonchev–Trinajstić information content (AvgIpc) is 2.97. The van der Waals surface area contributed by atoms with Gasteiger partial charge < -0.3 is 9.84 Å². The van der Waals surface area contributed by atoms with Gasteiger partial charge in [0.15, 0.2) is 0 Å². The fourth-order valence-electron chi connectivity index (χ4n) is 4.03. The third kappa shape index (κ3) is 6.26. The predicted molar refractivity (Wildman–Crippen MR) is 145 cm³/mol. The van der Waals surface area contributed by atoms with Crippen LogP contribution in [0.3, 0.4) is 0 Å². The summed E-state index contributed by atoms with van der Waals surface area (Å²) in [7, 11) is -4.28. The molecule has 0 spiro atoms. The van der Waals surface area contributed by atoms with Crippen molar-refractivity contribution < 1.29 is 36.2 Å². The molecule has 1 N–H and O–H groups in total. The van der Waals surface area contributed by atoms with Crippen LogP contribution in [-0.4, -0.2) is 37.6 Å². The lowest BCUT2D eigenvalue weighted by Crippen LogP contribution is -2.38. The number of carboxylic acid groups (broad SMARTS) is 1. The van der Waals surface area contributed by atoms with Gasteiger partial charge >= 0.3 is 12.1 Å². The summed E-state index contributed by atoms with van der Waals surface area (Å²) >= 11 is 0. The molecule has 1 aliphatic rings. The second-order valence-electron chi connectivity index (χ2n) is 8.65. The van der Waals surface area contributed by atoms with E-state index in [2.05, 4.69) is 4.98 Å². The van der Waals surface area contributed by atoms with E-state index in [1.807, 2.05) is 42.5 Å². The number of sulfonamides is 1. The summed E-state index contributed by atoms with van der Waals surface area (Å²) in [5.41, 5.74) is 2.33. The van der Waals surface area contributed by atoms with Gasteiger partial charge in [-0.15, -0.1) is 0 Å². The molecule has 0 bridgehead atoms. The molecule has 11 heteroatoms. The maximum Gasteiger partial charge on any atom is 0.416 e. The molecule has 5 rings (SSSR count). The smallest absolute Gasteiger partial charge is 0.416 e. The number of carboxylic acids is 1. The van der Waals surface area contributed by atoms with Gasteiger partial charge in [-0.3, -0.25) is 14.1 Å². The fraction of sp³-hybridized carbons (Fsp3) is 0.172. The minimum atomic E-state index is -4.66. The first-order chi connectivity index (χ1) is 19.0. The number of carbonyl (C=O) groups is 1. The average molecular weight is 571 g/mol. The van der Waals surface area contributed by atoms with E-state index in [4.69, 9.17) is 9.84 Å². The number of hydrogen-bond donors (Lipinski definition) is 1. The first-order valence-corrected chi connectivity index (χ1v) is 13.7. The van der Waals surface area contributed by atoms with Crippen LogP contribution < -0.4 is 9.04 Å². The molecule has 7 nitrogen and oxygen atoms in total. The predicted octanol–water partition coefficient (Wildman–Crippen LogP) is 6.50. The number of aromatic nitrogens is 1. The van der Waals surface area contributed by atoms with Crippen molar-refractivity contribution in [2.45, 2.75) is 24.4 Å². The number of fused-ring (bicyclic) bond motifs is 1. The normalized spacial score (nSPS) is 12.9. The molecule has 0 aliphatic carbocycles. The molecule has 3 aromatic carbocycles. The van der Waals surface area contributed by atoms with Gasteiger partial charge in [-0.1, -0.05) is 55.5 Å². The van der Waals surface area contributed by atoms with E-state index in [9.17, 15) is 26.4 Å². The van der Waals surface area contributed by atoms with Crippen LogP contribution in [-0.2, 0) is 21.0 Å². The molecule has 0 fully saturated rings. The molecular weight excluding hydrogens is 545 g/mol. The molecule has 1 aromatic heterocycles. The van der Waals surface area contributed by atoms with E-state index in [1.54, 1.807) is 31.3 Å². The highest BCUT2D eigenvalue weighted by Crippen LogP contribution is 2.41. The van der Waals surface area contributed by atoms with Gasteiger partial charge in [-0.05, 0) is 42.0 Å². The molecule has 0 amide bonds. The Labute approximate surface area is 229 Å². The molecule has 0 saturated carbocycles. The van der Waals surface area contributed by atoms with E-state index in [0.717, 1.165) is 39.3 Å². The van der Waals surface area contributed by atoms with Crippen molar-refractivity contribution in [2.75, 3.05) is 17.5 Å². The van der Waals surface area contributed by atoms with Crippen molar-refractivity contribution in [3.8, 4) is 28.1 Å². The molecule has 4 aromatic rings. The van der Waals surface area contributed by atoms with Crippen molar-refractivity contribution >= 4 is 21.7 Å². The van der Waals surface area contributed by atoms with Crippen molar-refractivity contribution in [3.63, 3.8) is 0 Å². The lowest BCUT2D eigenvalue weighted by molar-refractivity contribution is -0.138. The van der Waals surface area contributed by atoms with Gasteiger partial charge in [-0.25, -0.2) is 8.42 Å². The quantitative estimate of drug-likeness (QED) is 0.294. The Kier molecular flexibility index (Phi) is 8.43. The maximum atomic E-state index is 13.5. The van der Waals surface area contributed by atoms with E-state index < -0.39 is 32.6 Å². The van der Waals surface area contributed by atoms with Gasteiger partial charge in [0.25, 0.3) is 10.0 Å². The number of hydrogen-bond acceptors (Lipinski definition) is 5. The summed E-state index contributed by atoms with van der Waals surface area (Å²) in [5, 5.41) is 7.72. The highest BCUT2D eigenvalue weighted by Gasteiger charge is 2.35. The molecule has 40 heavy (non-hydrogen) atoms. The van der Waals surface area contributed by atoms with E-state index in [0.29, 0.717) is 17.4 Å². The first kappa shape index (κ1) is 28.6. The second-order valence-corrected chi connectivity index (χ2v) is 10.5. The standard InChI is InChI=1S/C26H19F3N2O3S.C3H6O2/c27-26(28,29)20-8-4-9-21(17-20)35(32,33)31-14-15-34-24-12-11-19(16-23(24)31)22-10-5-13-30-25(22)18-6-2-1-3-7-18;1-2-3(4)5/h1-13,16-17H,14-15H2;2H2,1H3,(H,4,5). The van der Waals surface area contributed by atoms with Crippen LogP contribution in [0.25, 0.3) is 22.4 Å². The SMILES string of the molecule is CCC(=O)O.O=S(=O)(c1cccc(C(F)(F)F)c1)N1CCOc2ccc(-c3cccnc3-c3ccccc3)cc21. The third-order valence-electron chi connectivity index (χ3n) is 6.00. The van der Waals surface area contributed by atoms with E-state index in [-0.39, 0.29) is 25.3 Å². The van der Waals surface area contributed by atoms with Crippen LogP contribution in [0.15, 0.2) is 96.0 Å². The monoisotopic (exact) mass is 570 g/mol. The number of alkyl halides is 3. The van der Waals surface area contributed by atoms with Crippen LogP contribution in [0.1, 0.15) is 18.9 Å². The van der Waals surface area contributed by atoms with E-state index >= 15 is 0 Å². The zero-order chi connectivity index (χ0) is 28.9. The Balaban J connectivity index is 0.000000681. The largest absolute Gasteiger partial charge is 0.489 e. The zero-order valence-corrected chi connectivity index (χ0v) is 22.1. The molecule has 1 aliphatic heterocycles. The molecule has 2 heterocycles. The molecule has 208 valence electrons. The van der Waals surface area contributed by atoms with Crippen molar-refractivity contribution in [1.82, 2.24) is 4.98 Å². The summed E-state index contributed by atoms with van der Waals surface area (Å²) in [4.78, 5) is 13.5. The molecule has 0 saturated heterocycles. The van der Waals surface area contributed by atoms with Gasteiger partial charge in [0.05, 0.1) is 28.4 Å². The number of pyridine rings is 1. The summed E-state index contributed by atoms with van der Waals surface area (Å²) in [6, 6.07) is 22.1. The molecule has 0 atom stereocenters. The minimum Gasteiger partial charge on any atom is -0.489 e. The van der Waals surface area contributed by atoms with Crippen LogP contribution >= 0.6 is 0 Å². The Bertz CT molecular complexity index is 1610. The molecule has 0 radical (unpaired) electrons. The fourth-order valence-corrected chi connectivity index (χ4v) is 5.53. The van der Waals surface area contributed by atoms with Crippen LogP contribution in [0, 0.1) is 0 Å². The van der Waals surface area contributed by atoms with Crippen LogP contribution in [0.4, 0.5) is 18.9 Å². The van der Waals surface area contributed by atoms with Gasteiger partial charge in [0.1, 0.15) is 12.4 Å². The van der Waals surface area contributed by atoms with Crippen LogP contribution in [0.5, 0.6) is 5.75 Å². The lowest BCUT2D eigenvalue weighted by Gasteiger charge is -2.31. The number of ether oxygens (including phenoxy) is 1. The lowest BCUT2D eigenvalue weighted by atomic mass is 9.98. The first-order valence-electron chi connectivity index (χ1n) is 12.2. The summed E-state index contributed by atoms with van der Waals surface area (Å²) in [6.45, 7) is 1.64. The number of benzene rings is 3. The number of nitrogens with zero attached hydrogens (tertiary/aromatic N) is 2. The third-order valence-corrected chi connectivity index (χ3v) is 7.81. The van der Waals surface area contributed by atoms with Crippen molar-refractivity contribution in [3.05, 3.63) is 96.7 Å². The Morgan fingerprint density at radius 2 is 1.70 bits per heavy atom. The Morgan fingerprint density at radius 3 is 2.38 bits per heavy atom. The highest BCUT2D eigenvalue weighted by atomic mass is 32.2. The highest BCUT2D eigenvalue weighted by molar-refractivity contribution is 7.92. The number of rotatable bonds is 5. The van der Waals surface area contributed by atoms with Gasteiger partial charge in [0, 0.05) is 23.7 Å². The summed E-state index contributed by atoms with van der Waals surface area (Å²) in [6.07, 6.45) is -2.76. The Hall–Kier alpha value is -4.38. The molecular formula is C29H25F3N2O5S. The summed E-state index contributed by atoms with van der Waals surface area (Å²) in [5.74, 6) is -0.411. The second kappa shape index (κ2) is 11.8. The summed E-state index contributed by atoms with van der Waals surface area (Å²) < 4.78 is 73.3. The van der Waals surface area contributed by atoms with Gasteiger partial charge in [0.2, 0.25) is 0 Å². The topological polar surface area (TPSA) is 96.8 Å².